The summed E-state index contributed by atoms with van der Waals surface area (Å²) in [5.41, 5.74) is 1.00. The van der Waals surface area contributed by atoms with Crippen molar-refractivity contribution in [1.29, 1.82) is 0 Å². The van der Waals surface area contributed by atoms with Gasteiger partial charge >= 0.3 is 0 Å². The number of rotatable bonds is 7. The summed E-state index contributed by atoms with van der Waals surface area (Å²) in [5.74, 6) is 0.402. The highest BCUT2D eigenvalue weighted by Crippen LogP contribution is 2.11. The van der Waals surface area contributed by atoms with Gasteiger partial charge in [0.05, 0.1) is 5.75 Å². The molecular weight excluding hydrogens is 288 g/mol. The zero-order valence-electron chi connectivity index (χ0n) is 12.2. The molecule has 1 aliphatic heterocycles. The number of piperidine rings is 1. The molecule has 1 aromatic carbocycles. The van der Waals surface area contributed by atoms with E-state index in [1.165, 1.54) is 12.8 Å². The molecule has 0 saturated carbocycles. The van der Waals surface area contributed by atoms with E-state index >= 15 is 0 Å². The third-order valence-corrected chi connectivity index (χ3v) is 5.24. The first-order chi connectivity index (χ1) is 10.1. The van der Waals surface area contributed by atoms with Crippen LogP contribution in [0, 0.1) is 0 Å². The Morgan fingerprint density at radius 1 is 1.24 bits per heavy atom. The van der Waals surface area contributed by atoms with Crippen molar-refractivity contribution in [2.45, 2.75) is 38.1 Å². The molecule has 0 radical (unpaired) electrons. The van der Waals surface area contributed by atoms with Gasteiger partial charge in [-0.3, -0.25) is 0 Å². The van der Waals surface area contributed by atoms with Gasteiger partial charge in [0.15, 0.2) is 0 Å². The van der Waals surface area contributed by atoms with Crippen LogP contribution in [-0.2, 0) is 16.4 Å². The SMILES string of the molecule is O=S(=O)(CCC1CCCCN1)NCCc1ccc(O)cc1. The Labute approximate surface area is 126 Å². The topological polar surface area (TPSA) is 78.4 Å². The van der Waals surface area contributed by atoms with Gasteiger partial charge in [0, 0.05) is 12.6 Å². The van der Waals surface area contributed by atoms with Crippen LogP contribution in [0.25, 0.3) is 0 Å². The highest BCUT2D eigenvalue weighted by molar-refractivity contribution is 7.89. The van der Waals surface area contributed by atoms with E-state index in [0.29, 0.717) is 25.4 Å². The highest BCUT2D eigenvalue weighted by atomic mass is 32.2. The molecule has 2 rings (SSSR count). The Morgan fingerprint density at radius 2 is 2.00 bits per heavy atom. The predicted molar refractivity (Wildman–Crippen MR) is 83.9 cm³/mol. The van der Waals surface area contributed by atoms with Crippen LogP contribution in [-0.4, -0.2) is 38.4 Å². The molecule has 6 heteroatoms. The highest BCUT2D eigenvalue weighted by Gasteiger charge is 2.16. The number of benzene rings is 1. The van der Waals surface area contributed by atoms with Crippen molar-refractivity contribution in [3.8, 4) is 5.75 Å². The van der Waals surface area contributed by atoms with Crippen LogP contribution in [0.2, 0.25) is 0 Å². The van der Waals surface area contributed by atoms with Crippen LogP contribution >= 0.6 is 0 Å². The van der Waals surface area contributed by atoms with Gasteiger partial charge in [0.2, 0.25) is 10.0 Å². The van der Waals surface area contributed by atoms with Crippen LogP contribution in [0.1, 0.15) is 31.2 Å². The number of hydrogen-bond acceptors (Lipinski definition) is 4. The molecule has 5 nitrogen and oxygen atoms in total. The van der Waals surface area contributed by atoms with Gasteiger partial charge < -0.3 is 10.4 Å². The largest absolute Gasteiger partial charge is 0.508 e. The summed E-state index contributed by atoms with van der Waals surface area (Å²) in [6, 6.07) is 7.16. The molecule has 118 valence electrons. The molecule has 1 atom stereocenters. The quantitative estimate of drug-likeness (QED) is 0.711. The van der Waals surface area contributed by atoms with E-state index in [2.05, 4.69) is 10.0 Å². The summed E-state index contributed by atoms with van der Waals surface area (Å²) in [7, 11) is -3.20. The van der Waals surface area contributed by atoms with Gasteiger partial charge in [-0.1, -0.05) is 18.6 Å². The van der Waals surface area contributed by atoms with Crippen LogP contribution in [0.5, 0.6) is 5.75 Å². The maximum absolute atomic E-state index is 11.9. The molecule has 1 fully saturated rings. The van der Waals surface area contributed by atoms with Crippen molar-refractivity contribution >= 4 is 10.0 Å². The average Bonchev–Trinajstić information content (AvgIpc) is 2.48. The van der Waals surface area contributed by atoms with Gasteiger partial charge in [0.25, 0.3) is 0 Å². The molecule has 1 unspecified atom stereocenters. The first kappa shape index (κ1) is 16.3. The van der Waals surface area contributed by atoms with E-state index in [4.69, 9.17) is 0 Å². The molecule has 0 aliphatic carbocycles. The van der Waals surface area contributed by atoms with Crippen molar-refractivity contribution < 1.29 is 13.5 Å². The molecule has 0 amide bonds. The van der Waals surface area contributed by atoms with Gasteiger partial charge in [-0.25, -0.2) is 13.1 Å². The predicted octanol–water partition coefficient (Wildman–Crippen LogP) is 1.39. The van der Waals surface area contributed by atoms with Gasteiger partial charge in [0.1, 0.15) is 5.75 Å². The maximum Gasteiger partial charge on any atom is 0.211 e. The summed E-state index contributed by atoms with van der Waals surface area (Å²) in [5, 5.41) is 12.6. The lowest BCUT2D eigenvalue weighted by Crippen LogP contribution is -2.37. The summed E-state index contributed by atoms with van der Waals surface area (Å²) in [4.78, 5) is 0. The van der Waals surface area contributed by atoms with Crippen LogP contribution < -0.4 is 10.0 Å². The standard InChI is InChI=1S/C15H24N2O3S/c18-15-6-4-13(5-7-15)8-11-17-21(19,20)12-9-14-3-1-2-10-16-14/h4-7,14,16-18H,1-3,8-12H2. The molecule has 1 aliphatic rings. The number of phenolic OH excluding ortho intramolecular Hbond substituents is 1. The minimum absolute atomic E-state index is 0.181. The Morgan fingerprint density at radius 3 is 2.67 bits per heavy atom. The second kappa shape index (κ2) is 7.77. The lowest BCUT2D eigenvalue weighted by Gasteiger charge is -2.23. The zero-order valence-corrected chi connectivity index (χ0v) is 13.0. The van der Waals surface area contributed by atoms with Gasteiger partial charge in [-0.2, -0.15) is 0 Å². The second-order valence-corrected chi connectivity index (χ2v) is 7.49. The lowest BCUT2D eigenvalue weighted by atomic mass is 10.0. The van der Waals surface area contributed by atoms with Crippen LogP contribution in [0.15, 0.2) is 24.3 Å². The Hall–Kier alpha value is -1.11. The van der Waals surface area contributed by atoms with Crippen molar-refractivity contribution in [1.82, 2.24) is 10.0 Å². The number of sulfonamides is 1. The molecule has 21 heavy (non-hydrogen) atoms. The van der Waals surface area contributed by atoms with E-state index in [1.54, 1.807) is 24.3 Å². The monoisotopic (exact) mass is 312 g/mol. The summed E-state index contributed by atoms with van der Waals surface area (Å²) < 4.78 is 26.5. The third-order valence-electron chi connectivity index (χ3n) is 3.82. The fourth-order valence-corrected chi connectivity index (χ4v) is 3.71. The fourth-order valence-electron chi connectivity index (χ4n) is 2.55. The minimum Gasteiger partial charge on any atom is -0.508 e. The first-order valence-corrected chi connectivity index (χ1v) is 9.19. The van der Waals surface area contributed by atoms with E-state index in [-0.39, 0.29) is 11.5 Å². The van der Waals surface area contributed by atoms with Gasteiger partial charge in [-0.05, 0) is 49.9 Å². The van der Waals surface area contributed by atoms with E-state index in [0.717, 1.165) is 18.5 Å². The molecule has 1 heterocycles. The normalized spacial score (nSPS) is 19.5. The van der Waals surface area contributed by atoms with Crippen molar-refractivity contribution in [2.24, 2.45) is 0 Å². The van der Waals surface area contributed by atoms with Crippen molar-refractivity contribution in [3.05, 3.63) is 29.8 Å². The lowest BCUT2D eigenvalue weighted by molar-refractivity contribution is 0.392. The third kappa shape index (κ3) is 6.03. The number of phenols is 1. The minimum atomic E-state index is -3.20. The van der Waals surface area contributed by atoms with Crippen molar-refractivity contribution in [3.63, 3.8) is 0 Å². The Bertz CT molecular complexity index is 522. The summed E-state index contributed by atoms with van der Waals surface area (Å²) in [6.45, 7) is 1.39. The number of nitrogens with one attached hydrogen (secondary N) is 2. The molecule has 1 aromatic rings. The molecule has 3 N–H and O–H groups in total. The fraction of sp³-hybridized carbons (Fsp3) is 0.600. The van der Waals surface area contributed by atoms with E-state index in [9.17, 15) is 13.5 Å². The summed E-state index contributed by atoms with van der Waals surface area (Å²) in [6.07, 6.45) is 4.75. The van der Waals surface area contributed by atoms with Gasteiger partial charge in [-0.15, -0.1) is 0 Å². The molecule has 1 saturated heterocycles. The molecule has 0 bridgehead atoms. The average molecular weight is 312 g/mol. The zero-order chi connectivity index (χ0) is 15.1. The van der Waals surface area contributed by atoms with Crippen LogP contribution in [0.3, 0.4) is 0 Å². The first-order valence-electron chi connectivity index (χ1n) is 7.54. The molecule has 0 spiro atoms. The van der Waals surface area contributed by atoms with E-state index < -0.39 is 10.0 Å². The van der Waals surface area contributed by atoms with Crippen LogP contribution in [0.4, 0.5) is 0 Å². The molecular formula is C15H24N2O3S. The second-order valence-electron chi connectivity index (χ2n) is 5.57. The number of hydrogen-bond donors (Lipinski definition) is 3. The molecule has 0 aromatic heterocycles. The number of aromatic hydroxyl groups is 1. The maximum atomic E-state index is 11.9. The van der Waals surface area contributed by atoms with Crippen molar-refractivity contribution in [2.75, 3.05) is 18.8 Å². The Balaban J connectivity index is 1.69. The Kier molecular flexibility index (Phi) is 6.02. The summed E-state index contributed by atoms with van der Waals surface area (Å²) >= 11 is 0. The smallest absolute Gasteiger partial charge is 0.211 e. The van der Waals surface area contributed by atoms with E-state index in [1.807, 2.05) is 0 Å².